The van der Waals surface area contributed by atoms with Crippen LogP contribution in [0.25, 0.3) is 10.8 Å². The molecule has 3 heterocycles. The third-order valence-electron chi connectivity index (χ3n) is 5.69. The molecule has 1 aromatic heterocycles. The highest BCUT2D eigenvalue weighted by Crippen LogP contribution is 2.36. The van der Waals surface area contributed by atoms with Gasteiger partial charge in [0.15, 0.2) is 5.82 Å². The van der Waals surface area contributed by atoms with Gasteiger partial charge in [-0.05, 0) is 45.6 Å². The molecule has 0 saturated carbocycles. The molecule has 7 nitrogen and oxygen atoms in total. The highest BCUT2D eigenvalue weighted by molar-refractivity contribution is 7.89. The van der Waals surface area contributed by atoms with E-state index >= 15 is 0 Å². The Hall–Kier alpha value is -2.26. The Morgan fingerprint density at radius 2 is 2.00 bits per heavy atom. The molecule has 2 atom stereocenters. The minimum Gasteiger partial charge on any atom is -0.444 e. The summed E-state index contributed by atoms with van der Waals surface area (Å²) in [6, 6.07) is 4.41. The van der Waals surface area contributed by atoms with Crippen molar-refractivity contribution in [1.82, 2.24) is 14.2 Å². The molecule has 1 unspecified atom stereocenters. The highest BCUT2D eigenvalue weighted by atomic mass is 32.2. The number of rotatable bonds is 2. The summed E-state index contributed by atoms with van der Waals surface area (Å²) in [6.07, 6.45) is 3.69. The van der Waals surface area contributed by atoms with Crippen molar-refractivity contribution in [2.75, 3.05) is 19.6 Å². The van der Waals surface area contributed by atoms with E-state index in [9.17, 15) is 17.6 Å². The zero-order chi connectivity index (χ0) is 21.7. The van der Waals surface area contributed by atoms with Gasteiger partial charge in [-0.3, -0.25) is 4.98 Å². The Bertz CT molecular complexity index is 1080. The van der Waals surface area contributed by atoms with Gasteiger partial charge < -0.3 is 9.64 Å². The fourth-order valence-electron chi connectivity index (χ4n) is 4.40. The first-order valence-electron chi connectivity index (χ1n) is 10.1. The Labute approximate surface area is 175 Å². The maximum atomic E-state index is 14.5. The lowest BCUT2D eigenvalue weighted by Crippen LogP contribution is -2.50. The van der Waals surface area contributed by atoms with Gasteiger partial charge in [-0.25, -0.2) is 17.6 Å². The van der Waals surface area contributed by atoms with Gasteiger partial charge in [-0.1, -0.05) is 12.1 Å². The molecule has 2 fully saturated rings. The first kappa shape index (κ1) is 21.0. The van der Waals surface area contributed by atoms with Crippen LogP contribution in [0.4, 0.5) is 9.18 Å². The summed E-state index contributed by atoms with van der Waals surface area (Å²) in [5.41, 5.74) is -0.622. The van der Waals surface area contributed by atoms with Crippen molar-refractivity contribution in [3.05, 3.63) is 36.4 Å². The molecule has 162 valence electrons. The van der Waals surface area contributed by atoms with E-state index in [-0.39, 0.29) is 28.8 Å². The maximum absolute atomic E-state index is 14.5. The molecule has 0 radical (unpaired) electrons. The van der Waals surface area contributed by atoms with Crippen molar-refractivity contribution in [3.63, 3.8) is 0 Å². The van der Waals surface area contributed by atoms with Crippen LogP contribution < -0.4 is 0 Å². The zero-order valence-corrected chi connectivity index (χ0v) is 18.2. The van der Waals surface area contributed by atoms with Gasteiger partial charge in [-0.2, -0.15) is 4.31 Å². The number of pyridine rings is 1. The van der Waals surface area contributed by atoms with Crippen LogP contribution in [0.1, 0.15) is 33.6 Å². The molecule has 30 heavy (non-hydrogen) atoms. The minimum absolute atomic E-state index is 0.0301. The molecule has 0 spiro atoms. The smallest absolute Gasteiger partial charge is 0.410 e. The van der Waals surface area contributed by atoms with Crippen LogP contribution >= 0.6 is 0 Å². The number of piperidine rings is 1. The summed E-state index contributed by atoms with van der Waals surface area (Å²) in [4.78, 5) is 18.1. The van der Waals surface area contributed by atoms with Crippen LogP contribution in [0.15, 0.2) is 35.5 Å². The summed E-state index contributed by atoms with van der Waals surface area (Å²) >= 11 is 0. The van der Waals surface area contributed by atoms with Gasteiger partial charge in [-0.15, -0.1) is 0 Å². The van der Waals surface area contributed by atoms with Crippen molar-refractivity contribution in [3.8, 4) is 0 Å². The van der Waals surface area contributed by atoms with Crippen molar-refractivity contribution in [1.29, 1.82) is 0 Å². The SMILES string of the molecule is CC(C)(C)OC(=O)N1CCCC2CN(S(=O)(=O)c3cccc4cncc(F)c34)C[C@@H]21. The van der Waals surface area contributed by atoms with Crippen molar-refractivity contribution in [2.24, 2.45) is 5.92 Å². The van der Waals surface area contributed by atoms with Crippen LogP contribution in [0, 0.1) is 11.7 Å². The molecule has 1 aromatic carbocycles. The minimum atomic E-state index is -3.94. The van der Waals surface area contributed by atoms with E-state index in [1.807, 2.05) is 20.8 Å². The number of ether oxygens (including phenoxy) is 1. The quantitative estimate of drug-likeness (QED) is 0.722. The Balaban J connectivity index is 1.64. The predicted octanol–water partition coefficient (Wildman–Crippen LogP) is 3.39. The van der Waals surface area contributed by atoms with Crippen molar-refractivity contribution in [2.45, 2.75) is 50.2 Å². The first-order chi connectivity index (χ1) is 14.1. The first-order valence-corrected chi connectivity index (χ1v) is 11.5. The van der Waals surface area contributed by atoms with Gasteiger partial charge in [0.05, 0.1) is 17.1 Å². The van der Waals surface area contributed by atoms with Gasteiger partial charge in [0, 0.05) is 36.6 Å². The van der Waals surface area contributed by atoms with Crippen LogP contribution in [0.2, 0.25) is 0 Å². The lowest BCUT2D eigenvalue weighted by molar-refractivity contribution is 0.00643. The van der Waals surface area contributed by atoms with E-state index in [2.05, 4.69) is 4.98 Å². The van der Waals surface area contributed by atoms with Gasteiger partial charge in [0.1, 0.15) is 5.60 Å². The van der Waals surface area contributed by atoms with E-state index < -0.39 is 27.5 Å². The van der Waals surface area contributed by atoms with Crippen LogP contribution in [-0.4, -0.2) is 60.0 Å². The molecular weight excluding hydrogens is 409 g/mol. The zero-order valence-electron chi connectivity index (χ0n) is 17.3. The van der Waals surface area contributed by atoms with Gasteiger partial charge in [0.25, 0.3) is 0 Å². The summed E-state index contributed by atoms with van der Waals surface area (Å²) in [6.45, 7) is 6.44. The number of benzene rings is 1. The molecular formula is C21H26FN3O4S. The third-order valence-corrected chi connectivity index (χ3v) is 7.57. The summed E-state index contributed by atoms with van der Waals surface area (Å²) in [5, 5.41) is 0.481. The second kappa shape index (κ2) is 7.46. The molecule has 0 bridgehead atoms. The summed E-state index contributed by atoms with van der Waals surface area (Å²) < 4.78 is 48.3. The number of likely N-dealkylation sites (tertiary alicyclic amines) is 1. The number of amides is 1. The maximum Gasteiger partial charge on any atom is 0.410 e. The Kier molecular flexibility index (Phi) is 5.22. The molecule has 2 aliphatic heterocycles. The van der Waals surface area contributed by atoms with E-state index in [1.165, 1.54) is 16.6 Å². The number of hydrogen-bond donors (Lipinski definition) is 0. The number of nitrogens with zero attached hydrogens (tertiary/aromatic N) is 3. The van der Waals surface area contributed by atoms with E-state index in [0.29, 0.717) is 18.5 Å². The normalized spacial score (nSPS) is 22.9. The third kappa shape index (κ3) is 3.76. The second-order valence-corrected chi connectivity index (χ2v) is 10.8. The fraction of sp³-hybridized carbons (Fsp3) is 0.524. The number of sulfonamides is 1. The topological polar surface area (TPSA) is 79.8 Å². The number of aromatic nitrogens is 1. The molecule has 2 aromatic rings. The van der Waals surface area contributed by atoms with Crippen LogP contribution in [0.3, 0.4) is 0 Å². The van der Waals surface area contributed by atoms with Crippen molar-refractivity contribution >= 4 is 26.9 Å². The van der Waals surface area contributed by atoms with Gasteiger partial charge >= 0.3 is 6.09 Å². The Morgan fingerprint density at radius 1 is 1.23 bits per heavy atom. The Morgan fingerprint density at radius 3 is 2.73 bits per heavy atom. The largest absolute Gasteiger partial charge is 0.444 e. The lowest BCUT2D eigenvalue weighted by Gasteiger charge is -2.37. The van der Waals surface area contributed by atoms with Crippen LogP contribution in [0.5, 0.6) is 0 Å². The fourth-order valence-corrected chi connectivity index (χ4v) is 6.14. The number of carbonyl (C=O) groups excluding carboxylic acids is 1. The molecule has 2 saturated heterocycles. The standard InChI is InChI=1S/C21H26FN3O4S/c1-21(2,3)29-20(26)25-9-5-7-15-12-24(13-17(15)25)30(27,28)18-8-4-6-14-10-23-11-16(22)19(14)18/h4,6,8,10-11,15,17H,5,7,9,12-13H2,1-3H3/t15?,17-/m0/s1. The molecule has 2 aliphatic rings. The van der Waals surface area contributed by atoms with Crippen molar-refractivity contribution < 1.29 is 22.3 Å². The number of carbonyl (C=O) groups is 1. The molecule has 0 aliphatic carbocycles. The number of fused-ring (bicyclic) bond motifs is 2. The van der Waals surface area contributed by atoms with E-state index in [1.54, 1.807) is 17.0 Å². The summed E-state index contributed by atoms with van der Waals surface area (Å²) in [5.74, 6) is -0.638. The second-order valence-electron chi connectivity index (χ2n) is 8.94. The average Bonchev–Trinajstić information content (AvgIpc) is 3.11. The molecule has 0 N–H and O–H groups in total. The molecule has 4 rings (SSSR count). The monoisotopic (exact) mass is 435 g/mol. The number of hydrogen-bond acceptors (Lipinski definition) is 5. The van der Waals surface area contributed by atoms with Gasteiger partial charge in [0.2, 0.25) is 10.0 Å². The van der Waals surface area contributed by atoms with E-state index in [4.69, 9.17) is 4.74 Å². The predicted molar refractivity (Wildman–Crippen MR) is 110 cm³/mol. The van der Waals surface area contributed by atoms with Crippen LogP contribution in [-0.2, 0) is 14.8 Å². The lowest BCUT2D eigenvalue weighted by atomic mass is 9.92. The molecule has 1 amide bonds. The molecule has 9 heteroatoms. The highest BCUT2D eigenvalue weighted by Gasteiger charge is 2.46. The van der Waals surface area contributed by atoms with E-state index in [0.717, 1.165) is 19.0 Å². The summed E-state index contributed by atoms with van der Waals surface area (Å²) in [7, 11) is -3.94. The average molecular weight is 436 g/mol. The number of halogens is 1.